The molecule has 0 bridgehead atoms. The second-order valence-corrected chi connectivity index (χ2v) is 6.31. The Bertz CT molecular complexity index is 613. The topological polar surface area (TPSA) is 37.8 Å². The van der Waals surface area contributed by atoms with Crippen LogP contribution in [0.2, 0.25) is 0 Å². The van der Waals surface area contributed by atoms with Crippen LogP contribution in [0.5, 0.6) is 0 Å². The maximum absolute atomic E-state index is 4.73. The molecule has 1 aromatic carbocycles. The van der Waals surface area contributed by atoms with Crippen molar-refractivity contribution in [3.63, 3.8) is 0 Å². The first-order chi connectivity index (χ1) is 10.2. The van der Waals surface area contributed by atoms with Crippen molar-refractivity contribution in [2.45, 2.75) is 39.0 Å². The normalized spacial score (nSPS) is 14.5. The maximum Gasteiger partial charge on any atom is 0.161 e. The van der Waals surface area contributed by atoms with Crippen molar-refractivity contribution < 1.29 is 0 Å². The van der Waals surface area contributed by atoms with Gasteiger partial charge in [-0.2, -0.15) is 0 Å². The van der Waals surface area contributed by atoms with Gasteiger partial charge in [0.25, 0.3) is 0 Å². The summed E-state index contributed by atoms with van der Waals surface area (Å²) in [5.41, 5.74) is 3.65. The summed E-state index contributed by atoms with van der Waals surface area (Å²) in [5.74, 6) is 3.09. The van der Waals surface area contributed by atoms with Crippen molar-refractivity contribution >= 4 is 5.82 Å². The van der Waals surface area contributed by atoms with Gasteiger partial charge in [-0.1, -0.05) is 38.1 Å². The van der Waals surface area contributed by atoms with Gasteiger partial charge < -0.3 is 5.32 Å². The van der Waals surface area contributed by atoms with E-state index in [9.17, 15) is 0 Å². The molecule has 2 aromatic rings. The molecule has 21 heavy (non-hydrogen) atoms. The average Bonchev–Trinajstić information content (AvgIpc) is 3.31. The molecule has 0 saturated heterocycles. The Morgan fingerprint density at radius 1 is 1.14 bits per heavy atom. The first-order valence-electron chi connectivity index (χ1n) is 7.81. The fraction of sp³-hybridized carbons (Fsp3) is 0.444. The Kier molecular flexibility index (Phi) is 3.91. The zero-order valence-electron chi connectivity index (χ0n) is 13.1. The summed E-state index contributed by atoms with van der Waals surface area (Å²) in [6, 6.07) is 10.8. The number of rotatable bonds is 5. The average molecular weight is 281 g/mol. The summed E-state index contributed by atoms with van der Waals surface area (Å²) in [7, 11) is 1.90. The summed E-state index contributed by atoms with van der Waals surface area (Å²) < 4.78 is 0. The number of hydrogen-bond donors (Lipinski definition) is 1. The van der Waals surface area contributed by atoms with Crippen LogP contribution in [0.1, 0.15) is 43.9 Å². The summed E-state index contributed by atoms with van der Waals surface area (Å²) in [4.78, 5) is 9.33. The highest BCUT2D eigenvalue weighted by Gasteiger charge is 2.23. The van der Waals surface area contributed by atoms with Crippen LogP contribution in [0.3, 0.4) is 0 Å². The Morgan fingerprint density at radius 3 is 2.43 bits per heavy atom. The van der Waals surface area contributed by atoms with E-state index >= 15 is 0 Å². The third kappa shape index (κ3) is 3.41. The molecule has 1 N–H and O–H groups in total. The molecule has 3 nitrogen and oxygen atoms in total. The molecule has 0 atom stereocenters. The van der Waals surface area contributed by atoms with E-state index in [0.29, 0.717) is 5.92 Å². The summed E-state index contributed by atoms with van der Waals surface area (Å²) in [6.45, 7) is 4.43. The highest BCUT2D eigenvalue weighted by molar-refractivity contribution is 5.58. The quantitative estimate of drug-likeness (QED) is 0.889. The largest absolute Gasteiger partial charge is 0.373 e. The van der Waals surface area contributed by atoms with Crippen LogP contribution in [0.4, 0.5) is 5.82 Å². The van der Waals surface area contributed by atoms with Gasteiger partial charge in [-0.3, -0.25) is 0 Å². The predicted molar refractivity (Wildman–Crippen MR) is 87.5 cm³/mol. The molecule has 1 fully saturated rings. The molecule has 1 aliphatic rings. The van der Waals surface area contributed by atoms with E-state index < -0.39 is 0 Å². The van der Waals surface area contributed by atoms with Gasteiger partial charge in [0.05, 0.1) is 0 Å². The number of hydrogen-bond acceptors (Lipinski definition) is 3. The van der Waals surface area contributed by atoms with Gasteiger partial charge in [-0.25, -0.2) is 9.97 Å². The van der Waals surface area contributed by atoms with Crippen LogP contribution in [0.25, 0.3) is 11.4 Å². The van der Waals surface area contributed by atoms with E-state index in [1.807, 2.05) is 13.1 Å². The molecule has 0 amide bonds. The second-order valence-electron chi connectivity index (χ2n) is 6.31. The molecule has 3 rings (SSSR count). The zero-order chi connectivity index (χ0) is 14.8. The Morgan fingerprint density at radius 2 is 1.86 bits per heavy atom. The molecule has 1 aromatic heterocycles. The third-order valence-electron chi connectivity index (χ3n) is 3.87. The Labute approximate surface area is 126 Å². The highest BCUT2D eigenvalue weighted by atomic mass is 15.0. The van der Waals surface area contributed by atoms with Crippen molar-refractivity contribution in [3.05, 3.63) is 41.6 Å². The lowest BCUT2D eigenvalue weighted by molar-refractivity contribution is 0.635. The Hall–Kier alpha value is -1.90. The molecule has 110 valence electrons. The minimum Gasteiger partial charge on any atom is -0.373 e. The third-order valence-corrected chi connectivity index (χ3v) is 3.87. The number of aromatic nitrogens is 2. The highest BCUT2D eigenvalue weighted by Crippen LogP contribution is 2.40. The monoisotopic (exact) mass is 281 g/mol. The molecular weight excluding hydrogens is 258 g/mol. The van der Waals surface area contributed by atoms with Gasteiger partial charge in [-0.05, 0) is 36.7 Å². The minimum absolute atomic E-state index is 0.592. The summed E-state index contributed by atoms with van der Waals surface area (Å²) >= 11 is 0. The standard InChI is InChI=1S/C18H23N3/c1-12(2)10-16-11-17(19-3)21-18(20-16)15-8-6-14(7-9-15)13-4-5-13/h6-9,11-13H,4-5,10H2,1-3H3,(H,19,20,21). The maximum atomic E-state index is 4.73. The molecule has 3 heteroatoms. The molecule has 1 saturated carbocycles. The first kappa shape index (κ1) is 14.1. The van der Waals surface area contributed by atoms with Crippen molar-refractivity contribution in [3.8, 4) is 11.4 Å². The van der Waals surface area contributed by atoms with E-state index in [0.717, 1.165) is 35.2 Å². The van der Waals surface area contributed by atoms with Crippen LogP contribution < -0.4 is 5.32 Å². The SMILES string of the molecule is CNc1cc(CC(C)C)nc(-c2ccc(C3CC3)cc2)n1. The molecule has 0 spiro atoms. The van der Waals surface area contributed by atoms with Gasteiger partial charge in [0, 0.05) is 24.4 Å². The van der Waals surface area contributed by atoms with Crippen molar-refractivity contribution in [2.75, 3.05) is 12.4 Å². The van der Waals surface area contributed by atoms with Crippen LogP contribution in [0, 0.1) is 5.92 Å². The lowest BCUT2D eigenvalue weighted by atomic mass is 10.1. The number of benzene rings is 1. The zero-order valence-corrected chi connectivity index (χ0v) is 13.1. The smallest absolute Gasteiger partial charge is 0.161 e. The van der Waals surface area contributed by atoms with Crippen LogP contribution in [0.15, 0.2) is 30.3 Å². The summed E-state index contributed by atoms with van der Waals surface area (Å²) in [5, 5.41) is 3.14. The number of nitrogens with one attached hydrogen (secondary N) is 1. The molecule has 1 heterocycles. The van der Waals surface area contributed by atoms with Gasteiger partial charge in [0.2, 0.25) is 0 Å². The van der Waals surface area contributed by atoms with Crippen LogP contribution in [-0.4, -0.2) is 17.0 Å². The van der Waals surface area contributed by atoms with E-state index in [2.05, 4.69) is 48.4 Å². The number of anilines is 1. The fourth-order valence-corrected chi connectivity index (χ4v) is 2.60. The van der Waals surface area contributed by atoms with Gasteiger partial charge in [-0.15, -0.1) is 0 Å². The van der Waals surface area contributed by atoms with Crippen molar-refractivity contribution in [2.24, 2.45) is 5.92 Å². The van der Waals surface area contributed by atoms with E-state index in [-0.39, 0.29) is 0 Å². The molecule has 0 unspecified atom stereocenters. The van der Waals surface area contributed by atoms with Gasteiger partial charge in [0.1, 0.15) is 5.82 Å². The fourth-order valence-electron chi connectivity index (χ4n) is 2.60. The lowest BCUT2D eigenvalue weighted by Crippen LogP contribution is -2.03. The number of nitrogens with zero attached hydrogens (tertiary/aromatic N) is 2. The van der Waals surface area contributed by atoms with Crippen LogP contribution >= 0.6 is 0 Å². The van der Waals surface area contributed by atoms with E-state index in [4.69, 9.17) is 4.98 Å². The molecule has 1 aliphatic carbocycles. The second kappa shape index (κ2) is 5.84. The Balaban J connectivity index is 1.91. The van der Waals surface area contributed by atoms with Gasteiger partial charge in [0.15, 0.2) is 5.82 Å². The molecular formula is C18H23N3. The van der Waals surface area contributed by atoms with Gasteiger partial charge >= 0.3 is 0 Å². The van der Waals surface area contributed by atoms with Crippen LogP contribution in [-0.2, 0) is 6.42 Å². The van der Waals surface area contributed by atoms with Crippen molar-refractivity contribution in [1.82, 2.24) is 9.97 Å². The predicted octanol–water partition coefficient (Wildman–Crippen LogP) is 4.26. The minimum atomic E-state index is 0.592. The van der Waals surface area contributed by atoms with E-state index in [1.165, 1.54) is 18.4 Å². The van der Waals surface area contributed by atoms with Crippen molar-refractivity contribution in [1.29, 1.82) is 0 Å². The lowest BCUT2D eigenvalue weighted by Gasteiger charge is -2.10. The summed E-state index contributed by atoms with van der Waals surface area (Å²) in [6.07, 6.45) is 3.65. The first-order valence-corrected chi connectivity index (χ1v) is 7.81. The molecule has 0 radical (unpaired) electrons. The molecule has 0 aliphatic heterocycles. The van der Waals surface area contributed by atoms with E-state index in [1.54, 1.807) is 0 Å².